The molecule has 3 fully saturated rings. The molecule has 0 amide bonds. The number of thioether (sulfide) groups is 2. The zero-order chi connectivity index (χ0) is 47.8. The molecule has 2 aromatic carbocycles. The standard InChI is InChI=1S/C56H82O7S2Si2/c1-11-66(12-2,13-3)51-35-48-44(60-46(52(51)57)28-21-16-22-33-67(39(4)5,40(6)7)41(8)9)29-30-45-47(61-48)34-49-54(63-45)55(59-38-43-26-19-15-20-27-43)53(58-37-42-24-17-14-18-25-42)50(62-49)36-56(10)64-31-23-32-65-56/h14-21,24-27,29-30,35,39-41,44-50,52-55,57H,11-13,23,28,31-32,34,36-38H2,1-10H3/b21-16-/t44-,45+,46+,47-,48+,49+,50-,52-,53-,54+,55+/m0/s1. The van der Waals surface area contributed by atoms with Gasteiger partial charge in [0.1, 0.15) is 44.7 Å². The molecule has 67 heavy (non-hydrogen) atoms. The summed E-state index contributed by atoms with van der Waals surface area (Å²) in [5.74, 6) is 5.80. The van der Waals surface area contributed by atoms with Crippen LogP contribution in [0.25, 0.3) is 0 Å². The van der Waals surface area contributed by atoms with Crippen LogP contribution in [0.1, 0.15) is 106 Å². The van der Waals surface area contributed by atoms with E-state index >= 15 is 0 Å². The lowest BCUT2D eigenvalue weighted by Crippen LogP contribution is -2.65. The van der Waals surface area contributed by atoms with Gasteiger partial charge in [0.15, 0.2) is 0 Å². The van der Waals surface area contributed by atoms with Crippen molar-refractivity contribution in [2.75, 3.05) is 11.5 Å². The maximum absolute atomic E-state index is 12.5. The summed E-state index contributed by atoms with van der Waals surface area (Å²) in [6.45, 7) is 24.3. The van der Waals surface area contributed by atoms with Crippen molar-refractivity contribution in [2.24, 2.45) is 0 Å². The highest BCUT2D eigenvalue weighted by Crippen LogP contribution is 2.49. The van der Waals surface area contributed by atoms with E-state index in [4.69, 9.17) is 28.4 Å². The summed E-state index contributed by atoms with van der Waals surface area (Å²) < 4.78 is 42.9. The molecular formula is C56H82O7S2Si2. The van der Waals surface area contributed by atoms with Crippen LogP contribution in [0.3, 0.4) is 0 Å². The molecular weight excluding hydrogens is 905 g/mol. The Morgan fingerprint density at radius 3 is 1.90 bits per heavy atom. The third-order valence-corrected chi connectivity index (χ3v) is 31.3. The fourth-order valence-corrected chi connectivity index (χ4v) is 24.3. The highest BCUT2D eigenvalue weighted by molar-refractivity contribution is 8.18. The molecule has 11 heteroatoms. The maximum atomic E-state index is 12.5. The Morgan fingerprint density at radius 1 is 0.731 bits per heavy atom. The Labute approximate surface area is 415 Å². The van der Waals surface area contributed by atoms with E-state index in [0.29, 0.717) is 42.7 Å². The number of rotatable bonds is 17. The minimum Gasteiger partial charge on any atom is -0.386 e. The van der Waals surface area contributed by atoms with Gasteiger partial charge in [-0.2, -0.15) is 0 Å². The molecule has 0 saturated carbocycles. The summed E-state index contributed by atoms with van der Waals surface area (Å²) in [6, 6.07) is 24.0. The smallest absolute Gasteiger partial charge is 0.146 e. The summed E-state index contributed by atoms with van der Waals surface area (Å²) >= 11 is 4.09. The van der Waals surface area contributed by atoms with Gasteiger partial charge in [0.05, 0.1) is 55.9 Å². The van der Waals surface area contributed by atoms with E-state index in [0.717, 1.165) is 47.2 Å². The highest BCUT2D eigenvalue weighted by atomic mass is 32.2. The fourth-order valence-electron chi connectivity index (χ4n) is 12.0. The Balaban J connectivity index is 1.19. The first kappa shape index (κ1) is 52.9. The first-order valence-electron chi connectivity index (χ1n) is 25.7. The van der Waals surface area contributed by atoms with Crippen molar-refractivity contribution in [1.29, 1.82) is 0 Å². The average molecular weight is 988 g/mol. The number of hydrogen-bond acceptors (Lipinski definition) is 9. The molecule has 0 spiro atoms. The molecule has 0 bridgehead atoms. The van der Waals surface area contributed by atoms with Crippen LogP contribution in [0.5, 0.6) is 0 Å². The van der Waals surface area contributed by atoms with Crippen LogP contribution < -0.4 is 0 Å². The number of aliphatic hydroxyl groups excluding tert-OH is 1. The van der Waals surface area contributed by atoms with E-state index in [2.05, 4.69) is 154 Å². The third kappa shape index (κ3) is 12.2. The maximum Gasteiger partial charge on any atom is 0.146 e. The largest absolute Gasteiger partial charge is 0.386 e. The van der Waals surface area contributed by atoms with Crippen LogP contribution in [0.15, 0.2) is 96.2 Å². The average Bonchev–Trinajstić information content (AvgIpc) is 3.56. The molecule has 5 aliphatic rings. The minimum absolute atomic E-state index is 0.00423. The van der Waals surface area contributed by atoms with Crippen LogP contribution in [-0.2, 0) is 41.6 Å². The van der Waals surface area contributed by atoms with Gasteiger partial charge in [0.2, 0.25) is 0 Å². The molecule has 1 N–H and O–H groups in total. The van der Waals surface area contributed by atoms with Gasteiger partial charge in [0, 0.05) is 6.42 Å². The van der Waals surface area contributed by atoms with Crippen molar-refractivity contribution in [3.05, 3.63) is 107 Å². The van der Waals surface area contributed by atoms with Crippen LogP contribution in [0.4, 0.5) is 0 Å². The number of benzene rings is 2. The van der Waals surface area contributed by atoms with Gasteiger partial charge in [-0.3, -0.25) is 0 Å². The lowest BCUT2D eigenvalue weighted by Gasteiger charge is -2.52. The molecule has 0 aromatic heterocycles. The molecule has 368 valence electrons. The van der Waals surface area contributed by atoms with E-state index in [1.807, 2.05) is 41.7 Å². The van der Waals surface area contributed by atoms with Crippen LogP contribution >= 0.6 is 23.5 Å². The lowest BCUT2D eigenvalue weighted by atomic mass is 9.86. The van der Waals surface area contributed by atoms with Gasteiger partial charge in [-0.1, -0.05) is 177 Å². The van der Waals surface area contributed by atoms with Crippen molar-refractivity contribution in [3.63, 3.8) is 0 Å². The van der Waals surface area contributed by atoms with E-state index < -0.39 is 34.5 Å². The fraction of sp³-hybridized carbons (Fsp3) is 0.643. The van der Waals surface area contributed by atoms with Crippen molar-refractivity contribution in [2.45, 2.75) is 214 Å². The summed E-state index contributed by atoms with van der Waals surface area (Å²) in [4.78, 5) is 0. The summed E-state index contributed by atoms with van der Waals surface area (Å²) in [5, 5.41) is 13.6. The van der Waals surface area contributed by atoms with Gasteiger partial charge < -0.3 is 33.5 Å². The number of fused-ring (bicyclic) bond motifs is 3. The Kier molecular flexibility index (Phi) is 18.9. The lowest BCUT2D eigenvalue weighted by molar-refractivity contribution is -0.299. The van der Waals surface area contributed by atoms with Crippen LogP contribution in [-0.4, -0.2) is 104 Å². The van der Waals surface area contributed by atoms with Gasteiger partial charge in [-0.05, 0) is 71.5 Å². The predicted molar refractivity (Wildman–Crippen MR) is 285 cm³/mol. The molecule has 3 saturated heterocycles. The quantitative estimate of drug-likeness (QED) is 0.0947. The second-order valence-electron chi connectivity index (χ2n) is 20.8. The molecule has 7 rings (SSSR count). The molecule has 0 radical (unpaired) electrons. The summed E-state index contributed by atoms with van der Waals surface area (Å²) in [5.41, 5.74) is 7.77. The second-order valence-corrected chi connectivity index (χ2v) is 35.1. The minimum atomic E-state index is -2.07. The van der Waals surface area contributed by atoms with E-state index in [1.165, 1.54) is 11.6 Å². The molecule has 11 atom stereocenters. The Bertz CT molecular complexity index is 1980. The first-order valence-corrected chi connectivity index (χ1v) is 32.6. The summed E-state index contributed by atoms with van der Waals surface area (Å²) in [6.07, 6.45) is 9.87. The zero-order valence-electron chi connectivity index (χ0n) is 42.2. The van der Waals surface area contributed by atoms with Crippen LogP contribution in [0, 0.1) is 11.5 Å². The number of allylic oxidation sites excluding steroid dienone is 1. The highest BCUT2D eigenvalue weighted by Gasteiger charge is 2.55. The van der Waals surface area contributed by atoms with E-state index in [-0.39, 0.29) is 52.9 Å². The zero-order valence-corrected chi connectivity index (χ0v) is 45.9. The number of aliphatic hydroxyl groups is 1. The van der Waals surface area contributed by atoms with Gasteiger partial charge >= 0.3 is 0 Å². The van der Waals surface area contributed by atoms with Crippen molar-refractivity contribution >= 4 is 39.7 Å². The Morgan fingerprint density at radius 2 is 1.31 bits per heavy atom. The van der Waals surface area contributed by atoms with Gasteiger partial charge in [0.25, 0.3) is 0 Å². The topological polar surface area (TPSA) is 75.6 Å². The molecule has 5 aliphatic heterocycles. The summed E-state index contributed by atoms with van der Waals surface area (Å²) in [7, 11) is -3.94. The monoisotopic (exact) mass is 987 g/mol. The number of hydrogen-bond donors (Lipinski definition) is 1. The third-order valence-electron chi connectivity index (χ3n) is 16.0. The molecule has 5 heterocycles. The van der Waals surface area contributed by atoms with Crippen molar-refractivity contribution in [3.8, 4) is 11.5 Å². The van der Waals surface area contributed by atoms with Gasteiger partial charge in [-0.15, -0.1) is 29.1 Å². The Hall–Kier alpha value is -1.93. The molecule has 7 nitrogen and oxygen atoms in total. The van der Waals surface area contributed by atoms with E-state index in [9.17, 15) is 5.11 Å². The molecule has 2 aromatic rings. The molecule has 0 unspecified atom stereocenters. The second kappa shape index (κ2) is 24.0. The normalized spacial score (nSPS) is 31.1. The van der Waals surface area contributed by atoms with Crippen molar-refractivity contribution < 1.29 is 33.5 Å². The van der Waals surface area contributed by atoms with Crippen molar-refractivity contribution in [1.82, 2.24) is 0 Å². The van der Waals surface area contributed by atoms with Crippen LogP contribution in [0.2, 0.25) is 34.8 Å². The number of ether oxygens (including phenoxy) is 6. The first-order chi connectivity index (χ1) is 32.3. The molecule has 0 aliphatic carbocycles. The van der Waals surface area contributed by atoms with Gasteiger partial charge in [-0.25, -0.2) is 0 Å². The SMILES string of the molecule is CC[Si](CC)(CC)C1=C[C@H]2O[C@H]3C[C@H]4O[C@@H](CC5(C)SCCCS5)[C@H](OCc5ccccc5)[C@@H](OCc5ccccc5)[C@@H]4O[C@@H]3C=C[C@@H]2O[C@H](C/C=C\C#C[Si](C(C)C)(C(C)C)C(C)C)[C@@H]1O. The van der Waals surface area contributed by atoms with E-state index in [1.54, 1.807) is 0 Å². The predicted octanol–water partition coefficient (Wildman–Crippen LogP) is 12.7.